The fourth-order valence-corrected chi connectivity index (χ4v) is 2.87. The minimum Gasteiger partial charge on any atom is -0.353 e. The molecule has 20 heavy (non-hydrogen) atoms. The zero-order valence-electron chi connectivity index (χ0n) is 11.6. The van der Waals surface area contributed by atoms with E-state index in [0.717, 1.165) is 25.7 Å². The third kappa shape index (κ3) is 2.84. The van der Waals surface area contributed by atoms with E-state index >= 15 is 0 Å². The summed E-state index contributed by atoms with van der Waals surface area (Å²) in [4.78, 5) is 36.9. The minimum absolute atomic E-state index is 0.0902. The number of amides is 4. The van der Waals surface area contributed by atoms with E-state index in [9.17, 15) is 14.4 Å². The molecule has 1 saturated heterocycles. The van der Waals surface area contributed by atoms with E-state index in [-0.39, 0.29) is 17.8 Å². The second kappa shape index (κ2) is 6.07. The van der Waals surface area contributed by atoms with Crippen molar-refractivity contribution < 1.29 is 14.4 Å². The van der Waals surface area contributed by atoms with E-state index in [1.54, 1.807) is 6.08 Å². The lowest BCUT2D eigenvalue weighted by Gasteiger charge is -2.19. The van der Waals surface area contributed by atoms with Crippen molar-refractivity contribution in [1.29, 1.82) is 0 Å². The molecule has 1 heterocycles. The zero-order valence-corrected chi connectivity index (χ0v) is 11.6. The van der Waals surface area contributed by atoms with Crippen LogP contribution in [0.15, 0.2) is 12.7 Å². The van der Waals surface area contributed by atoms with Crippen molar-refractivity contribution in [1.82, 2.24) is 15.5 Å². The number of carbonyl (C=O) groups is 3. The number of hydrogen-bond acceptors (Lipinski definition) is 3. The standard InChI is InChI=1S/C14H21N3O3/c1-2-9-15-11(18)6-5-10-17-12(19)14(16-13(17)20)7-3-4-8-14/h2H,1,3-10H2,(H,15,18)(H,16,20). The fourth-order valence-electron chi connectivity index (χ4n) is 2.87. The minimum atomic E-state index is -0.651. The Labute approximate surface area is 118 Å². The van der Waals surface area contributed by atoms with E-state index in [2.05, 4.69) is 17.2 Å². The first-order valence-corrected chi connectivity index (χ1v) is 7.11. The summed E-state index contributed by atoms with van der Waals surface area (Å²) in [6.45, 7) is 4.25. The van der Waals surface area contributed by atoms with Gasteiger partial charge in [-0.3, -0.25) is 14.5 Å². The first kappa shape index (κ1) is 14.6. The number of urea groups is 1. The predicted octanol–water partition coefficient (Wildman–Crippen LogP) is 0.933. The molecule has 2 N–H and O–H groups in total. The average Bonchev–Trinajstić information content (AvgIpc) is 2.97. The van der Waals surface area contributed by atoms with Crippen LogP contribution in [0.5, 0.6) is 0 Å². The summed E-state index contributed by atoms with van der Waals surface area (Å²) in [7, 11) is 0. The molecule has 0 aromatic heterocycles. The van der Waals surface area contributed by atoms with Crippen LogP contribution in [0.4, 0.5) is 4.79 Å². The zero-order chi connectivity index (χ0) is 14.6. The Morgan fingerprint density at radius 2 is 2.10 bits per heavy atom. The van der Waals surface area contributed by atoms with Crippen LogP contribution in [0.25, 0.3) is 0 Å². The van der Waals surface area contributed by atoms with Gasteiger partial charge in [0.15, 0.2) is 0 Å². The van der Waals surface area contributed by atoms with Crippen LogP contribution in [0.3, 0.4) is 0 Å². The Morgan fingerprint density at radius 1 is 1.40 bits per heavy atom. The smallest absolute Gasteiger partial charge is 0.325 e. The predicted molar refractivity (Wildman–Crippen MR) is 73.9 cm³/mol. The Kier molecular flexibility index (Phi) is 4.42. The molecule has 6 nitrogen and oxygen atoms in total. The number of imide groups is 1. The van der Waals surface area contributed by atoms with Gasteiger partial charge in [0.25, 0.3) is 5.91 Å². The Balaban J connectivity index is 1.81. The summed E-state index contributed by atoms with van der Waals surface area (Å²) in [5, 5.41) is 5.49. The van der Waals surface area contributed by atoms with Crippen molar-refractivity contribution in [3.8, 4) is 0 Å². The maximum absolute atomic E-state index is 12.3. The monoisotopic (exact) mass is 279 g/mol. The number of carbonyl (C=O) groups excluding carboxylic acids is 3. The van der Waals surface area contributed by atoms with E-state index in [1.807, 2.05) is 0 Å². The molecule has 2 fully saturated rings. The van der Waals surface area contributed by atoms with Gasteiger partial charge in [-0.15, -0.1) is 6.58 Å². The van der Waals surface area contributed by atoms with Gasteiger partial charge in [0, 0.05) is 19.5 Å². The van der Waals surface area contributed by atoms with E-state index in [1.165, 1.54) is 4.90 Å². The van der Waals surface area contributed by atoms with E-state index in [4.69, 9.17) is 0 Å². The maximum atomic E-state index is 12.3. The largest absolute Gasteiger partial charge is 0.353 e. The van der Waals surface area contributed by atoms with Gasteiger partial charge in [-0.1, -0.05) is 18.9 Å². The molecule has 6 heteroatoms. The summed E-state index contributed by atoms with van der Waals surface area (Å²) in [5.41, 5.74) is -0.651. The lowest BCUT2D eigenvalue weighted by molar-refractivity contribution is -0.131. The number of hydrogen-bond donors (Lipinski definition) is 2. The van der Waals surface area contributed by atoms with E-state index in [0.29, 0.717) is 25.9 Å². The van der Waals surface area contributed by atoms with Crippen molar-refractivity contribution >= 4 is 17.8 Å². The van der Waals surface area contributed by atoms with Gasteiger partial charge >= 0.3 is 6.03 Å². The van der Waals surface area contributed by atoms with Gasteiger partial charge in [0.1, 0.15) is 5.54 Å². The van der Waals surface area contributed by atoms with Gasteiger partial charge in [-0.05, 0) is 19.3 Å². The van der Waals surface area contributed by atoms with Crippen LogP contribution in [-0.4, -0.2) is 41.4 Å². The Bertz CT molecular complexity index is 427. The topological polar surface area (TPSA) is 78.5 Å². The number of nitrogens with zero attached hydrogens (tertiary/aromatic N) is 1. The molecule has 2 rings (SSSR count). The summed E-state index contributed by atoms with van der Waals surface area (Å²) in [6, 6.07) is -0.316. The maximum Gasteiger partial charge on any atom is 0.325 e. The van der Waals surface area contributed by atoms with Crippen LogP contribution in [-0.2, 0) is 9.59 Å². The normalized spacial score (nSPS) is 20.3. The second-order valence-electron chi connectivity index (χ2n) is 5.37. The lowest BCUT2D eigenvalue weighted by atomic mass is 9.98. The molecule has 0 bridgehead atoms. The number of nitrogens with one attached hydrogen (secondary N) is 2. The van der Waals surface area contributed by atoms with Gasteiger partial charge < -0.3 is 10.6 Å². The van der Waals surface area contributed by atoms with Crippen LogP contribution in [0.2, 0.25) is 0 Å². The molecule has 0 aromatic carbocycles. The van der Waals surface area contributed by atoms with Gasteiger partial charge in [-0.25, -0.2) is 4.79 Å². The van der Waals surface area contributed by atoms with E-state index < -0.39 is 5.54 Å². The highest BCUT2D eigenvalue weighted by Gasteiger charge is 2.51. The van der Waals surface area contributed by atoms with Crippen molar-refractivity contribution in [2.24, 2.45) is 0 Å². The van der Waals surface area contributed by atoms with Crippen LogP contribution in [0, 0.1) is 0 Å². The van der Waals surface area contributed by atoms with Crippen LogP contribution >= 0.6 is 0 Å². The van der Waals surface area contributed by atoms with Gasteiger partial charge in [0.05, 0.1) is 0 Å². The molecular formula is C14H21N3O3. The summed E-state index contributed by atoms with van der Waals surface area (Å²) in [5.74, 6) is -0.209. The third-order valence-electron chi connectivity index (χ3n) is 3.93. The molecule has 1 aliphatic carbocycles. The van der Waals surface area contributed by atoms with Gasteiger partial charge in [0.2, 0.25) is 5.91 Å². The molecular weight excluding hydrogens is 258 g/mol. The first-order valence-electron chi connectivity index (χ1n) is 7.11. The third-order valence-corrected chi connectivity index (χ3v) is 3.93. The molecule has 2 aliphatic rings. The van der Waals surface area contributed by atoms with Crippen molar-refractivity contribution in [3.05, 3.63) is 12.7 Å². The molecule has 110 valence electrons. The van der Waals surface area contributed by atoms with Crippen molar-refractivity contribution in [3.63, 3.8) is 0 Å². The first-order chi connectivity index (χ1) is 9.59. The van der Waals surface area contributed by atoms with Crippen LogP contribution in [0.1, 0.15) is 38.5 Å². The highest BCUT2D eigenvalue weighted by Crippen LogP contribution is 2.35. The molecule has 1 saturated carbocycles. The summed E-state index contributed by atoms with van der Waals surface area (Å²) < 4.78 is 0. The molecule has 0 unspecified atom stereocenters. The molecule has 1 aliphatic heterocycles. The highest BCUT2D eigenvalue weighted by atomic mass is 16.2. The SMILES string of the molecule is C=CCNC(=O)CCCN1C(=O)NC2(CCCC2)C1=O. The average molecular weight is 279 g/mol. The Morgan fingerprint density at radius 3 is 2.75 bits per heavy atom. The summed E-state index contributed by atoms with van der Waals surface area (Å²) >= 11 is 0. The van der Waals surface area contributed by atoms with Crippen molar-refractivity contribution in [2.75, 3.05) is 13.1 Å². The lowest BCUT2D eigenvalue weighted by Crippen LogP contribution is -2.44. The second-order valence-corrected chi connectivity index (χ2v) is 5.37. The molecule has 4 amide bonds. The Hall–Kier alpha value is -1.85. The van der Waals surface area contributed by atoms with Crippen LogP contribution < -0.4 is 10.6 Å². The molecule has 0 aromatic rings. The number of rotatable bonds is 6. The van der Waals surface area contributed by atoms with Gasteiger partial charge in [-0.2, -0.15) is 0 Å². The fraction of sp³-hybridized carbons (Fsp3) is 0.643. The molecule has 0 radical (unpaired) electrons. The molecule has 1 spiro atoms. The summed E-state index contributed by atoms with van der Waals surface area (Å²) in [6.07, 6.45) is 5.81. The van der Waals surface area contributed by atoms with Crippen molar-refractivity contribution in [2.45, 2.75) is 44.1 Å². The quantitative estimate of drug-likeness (QED) is 0.561. The highest BCUT2D eigenvalue weighted by molar-refractivity contribution is 6.07. The molecule has 0 atom stereocenters.